The summed E-state index contributed by atoms with van der Waals surface area (Å²) in [6, 6.07) is 0. The van der Waals surface area contributed by atoms with E-state index in [2.05, 4.69) is 0 Å². The zero-order valence-corrected chi connectivity index (χ0v) is 5.93. The van der Waals surface area contributed by atoms with Crippen LogP contribution >= 0.6 is 0 Å². The maximum absolute atomic E-state index is 10.5. The predicted molar refractivity (Wildman–Crippen MR) is 35.6 cm³/mol. The van der Waals surface area contributed by atoms with Gasteiger partial charge in [0.15, 0.2) is 6.10 Å². The standard InChI is InChI=1S/C6H11NO4/c7-6(10)5-4(9)3(8)1-2-11-5/h3-5,8-9H,1-2H2,(H2,7,10)/t3-,4+,5+/m1/s1. The molecule has 4 N–H and O–H groups in total. The lowest BCUT2D eigenvalue weighted by Gasteiger charge is -2.29. The van der Waals surface area contributed by atoms with E-state index in [0.717, 1.165) is 0 Å². The van der Waals surface area contributed by atoms with Crippen molar-refractivity contribution < 1.29 is 19.7 Å². The van der Waals surface area contributed by atoms with Gasteiger partial charge >= 0.3 is 0 Å². The fourth-order valence-electron chi connectivity index (χ4n) is 1.04. The van der Waals surface area contributed by atoms with E-state index in [0.29, 0.717) is 6.42 Å². The van der Waals surface area contributed by atoms with E-state index in [1.165, 1.54) is 0 Å². The van der Waals surface area contributed by atoms with Crippen molar-refractivity contribution in [3.05, 3.63) is 0 Å². The predicted octanol–water partition coefficient (Wildman–Crippen LogP) is -2.02. The molecule has 1 aliphatic heterocycles. The van der Waals surface area contributed by atoms with Crippen LogP contribution in [0.3, 0.4) is 0 Å². The van der Waals surface area contributed by atoms with Crippen LogP contribution in [0, 0.1) is 0 Å². The van der Waals surface area contributed by atoms with Crippen LogP contribution in [0.1, 0.15) is 6.42 Å². The van der Waals surface area contributed by atoms with Crippen LogP contribution in [0.5, 0.6) is 0 Å². The highest BCUT2D eigenvalue weighted by atomic mass is 16.5. The molecule has 0 aromatic rings. The van der Waals surface area contributed by atoms with Gasteiger partial charge in [-0.05, 0) is 6.42 Å². The Morgan fingerprint density at radius 1 is 1.55 bits per heavy atom. The largest absolute Gasteiger partial charge is 0.390 e. The summed E-state index contributed by atoms with van der Waals surface area (Å²) in [4.78, 5) is 10.5. The molecule has 1 fully saturated rings. The number of aliphatic hydroxyl groups is 2. The molecule has 64 valence electrons. The molecule has 1 aliphatic rings. The van der Waals surface area contributed by atoms with E-state index in [-0.39, 0.29) is 6.61 Å². The van der Waals surface area contributed by atoms with Crippen molar-refractivity contribution in [1.29, 1.82) is 0 Å². The number of nitrogens with two attached hydrogens (primary N) is 1. The summed E-state index contributed by atoms with van der Waals surface area (Å²) in [5.74, 6) is -0.740. The molecule has 1 heterocycles. The van der Waals surface area contributed by atoms with Crippen LogP contribution < -0.4 is 5.73 Å². The summed E-state index contributed by atoms with van der Waals surface area (Å²) in [5, 5.41) is 18.2. The number of amides is 1. The maximum Gasteiger partial charge on any atom is 0.249 e. The van der Waals surface area contributed by atoms with E-state index < -0.39 is 24.2 Å². The van der Waals surface area contributed by atoms with E-state index in [1.54, 1.807) is 0 Å². The second kappa shape index (κ2) is 3.17. The number of aliphatic hydroxyl groups excluding tert-OH is 2. The van der Waals surface area contributed by atoms with Crippen molar-refractivity contribution >= 4 is 5.91 Å². The van der Waals surface area contributed by atoms with Crippen LogP contribution in [0.2, 0.25) is 0 Å². The summed E-state index contributed by atoms with van der Waals surface area (Å²) in [5.41, 5.74) is 4.88. The number of ether oxygens (including phenoxy) is 1. The first kappa shape index (κ1) is 8.45. The zero-order valence-electron chi connectivity index (χ0n) is 5.93. The third-order valence-corrected chi connectivity index (χ3v) is 1.70. The summed E-state index contributed by atoms with van der Waals surface area (Å²) in [6.45, 7) is 0.256. The van der Waals surface area contributed by atoms with Crippen molar-refractivity contribution in [3.8, 4) is 0 Å². The molecule has 0 bridgehead atoms. The minimum Gasteiger partial charge on any atom is -0.390 e. The Morgan fingerprint density at radius 3 is 2.64 bits per heavy atom. The van der Waals surface area contributed by atoms with Gasteiger partial charge in [0.25, 0.3) is 0 Å². The van der Waals surface area contributed by atoms with Crippen LogP contribution in [-0.2, 0) is 9.53 Å². The Balaban J connectivity index is 2.58. The molecule has 0 radical (unpaired) electrons. The fourth-order valence-corrected chi connectivity index (χ4v) is 1.04. The normalized spacial score (nSPS) is 38.5. The lowest BCUT2D eigenvalue weighted by Crippen LogP contribution is -2.50. The Bertz CT molecular complexity index is 161. The van der Waals surface area contributed by atoms with Gasteiger partial charge < -0.3 is 20.7 Å². The highest BCUT2D eigenvalue weighted by Gasteiger charge is 2.34. The van der Waals surface area contributed by atoms with Gasteiger partial charge in [0.05, 0.1) is 12.7 Å². The van der Waals surface area contributed by atoms with Gasteiger partial charge in [-0.15, -0.1) is 0 Å². The van der Waals surface area contributed by atoms with Crippen molar-refractivity contribution in [3.63, 3.8) is 0 Å². The van der Waals surface area contributed by atoms with E-state index in [9.17, 15) is 4.79 Å². The Kier molecular flexibility index (Phi) is 2.43. The summed E-state index contributed by atoms with van der Waals surface area (Å²) in [6.07, 6.45) is -2.80. The molecular weight excluding hydrogens is 150 g/mol. The van der Waals surface area contributed by atoms with Crippen molar-refractivity contribution in [2.24, 2.45) is 5.73 Å². The van der Waals surface area contributed by atoms with Crippen LogP contribution in [0.25, 0.3) is 0 Å². The molecule has 3 atom stereocenters. The van der Waals surface area contributed by atoms with Gasteiger partial charge in [-0.25, -0.2) is 0 Å². The number of carbonyl (C=O) groups excluding carboxylic acids is 1. The summed E-state index contributed by atoms with van der Waals surface area (Å²) in [7, 11) is 0. The smallest absolute Gasteiger partial charge is 0.249 e. The van der Waals surface area contributed by atoms with Crippen LogP contribution in [-0.4, -0.2) is 41.0 Å². The third kappa shape index (κ3) is 1.68. The molecule has 0 spiro atoms. The van der Waals surface area contributed by atoms with Gasteiger partial charge in [0.1, 0.15) is 6.10 Å². The van der Waals surface area contributed by atoms with Crippen molar-refractivity contribution in [2.45, 2.75) is 24.7 Å². The molecule has 5 nitrogen and oxygen atoms in total. The minimum atomic E-state index is -1.18. The van der Waals surface area contributed by atoms with E-state index >= 15 is 0 Å². The third-order valence-electron chi connectivity index (χ3n) is 1.70. The molecule has 11 heavy (non-hydrogen) atoms. The van der Waals surface area contributed by atoms with Gasteiger partial charge in [-0.2, -0.15) is 0 Å². The number of hydrogen-bond donors (Lipinski definition) is 3. The quantitative estimate of drug-likeness (QED) is 0.414. The minimum absolute atomic E-state index is 0.256. The molecule has 1 amide bonds. The zero-order chi connectivity index (χ0) is 8.43. The van der Waals surface area contributed by atoms with Gasteiger partial charge in [0, 0.05) is 0 Å². The second-order valence-electron chi connectivity index (χ2n) is 2.54. The van der Waals surface area contributed by atoms with Crippen LogP contribution in [0.4, 0.5) is 0 Å². The first-order chi connectivity index (χ1) is 5.13. The Morgan fingerprint density at radius 2 is 2.18 bits per heavy atom. The monoisotopic (exact) mass is 161 g/mol. The van der Waals surface area contributed by atoms with Gasteiger partial charge in [-0.1, -0.05) is 0 Å². The SMILES string of the molecule is NC(=O)[C@H]1OCC[C@@H](O)[C@@H]1O. The first-order valence-corrected chi connectivity index (χ1v) is 3.40. The van der Waals surface area contributed by atoms with Gasteiger partial charge in [0.2, 0.25) is 5.91 Å². The van der Waals surface area contributed by atoms with E-state index in [1.807, 2.05) is 0 Å². The Labute approximate surface area is 63.8 Å². The molecule has 5 heteroatoms. The molecule has 0 unspecified atom stereocenters. The van der Waals surface area contributed by atoms with Gasteiger partial charge in [-0.3, -0.25) is 4.79 Å². The number of primary amides is 1. The molecular formula is C6H11NO4. The van der Waals surface area contributed by atoms with Crippen molar-refractivity contribution in [1.82, 2.24) is 0 Å². The maximum atomic E-state index is 10.5. The molecule has 0 saturated carbocycles. The number of rotatable bonds is 1. The molecule has 1 rings (SSSR count). The van der Waals surface area contributed by atoms with E-state index in [4.69, 9.17) is 20.7 Å². The average Bonchev–Trinajstić information content (AvgIpc) is 1.94. The fraction of sp³-hybridized carbons (Fsp3) is 0.833. The van der Waals surface area contributed by atoms with Crippen molar-refractivity contribution in [2.75, 3.05) is 6.61 Å². The lowest BCUT2D eigenvalue weighted by atomic mass is 10.0. The molecule has 0 aromatic heterocycles. The Hall–Kier alpha value is -0.650. The number of carbonyl (C=O) groups is 1. The lowest BCUT2D eigenvalue weighted by molar-refractivity contribution is -0.159. The van der Waals surface area contributed by atoms with Crippen LogP contribution in [0.15, 0.2) is 0 Å². The molecule has 0 aliphatic carbocycles. The summed E-state index contributed by atoms with van der Waals surface area (Å²) >= 11 is 0. The topological polar surface area (TPSA) is 92.8 Å². The summed E-state index contributed by atoms with van der Waals surface area (Å²) < 4.78 is 4.84. The second-order valence-corrected chi connectivity index (χ2v) is 2.54. The highest BCUT2D eigenvalue weighted by Crippen LogP contribution is 2.13. The highest BCUT2D eigenvalue weighted by molar-refractivity contribution is 5.79. The number of hydrogen-bond acceptors (Lipinski definition) is 4. The first-order valence-electron chi connectivity index (χ1n) is 3.40. The average molecular weight is 161 g/mol. The molecule has 1 saturated heterocycles. The molecule has 0 aromatic carbocycles.